The van der Waals surface area contributed by atoms with Crippen LogP contribution in [-0.4, -0.2) is 84.5 Å². The van der Waals surface area contributed by atoms with E-state index >= 15 is 0 Å². The minimum atomic E-state index is -0.435. The standard InChI is InChI=1S/C16H31N3O3/c1-6-19(7-2)14(20)12-17-8-10-18(11-9-17)13-15(21)22-16(3,4)5/h6-13H2,1-5H3. The lowest BCUT2D eigenvalue weighted by molar-refractivity contribution is -0.156. The maximum absolute atomic E-state index is 12.1. The van der Waals surface area contributed by atoms with Crippen molar-refractivity contribution in [3.63, 3.8) is 0 Å². The minimum Gasteiger partial charge on any atom is -0.459 e. The highest BCUT2D eigenvalue weighted by molar-refractivity contribution is 5.78. The van der Waals surface area contributed by atoms with Crippen LogP contribution in [0.1, 0.15) is 34.6 Å². The van der Waals surface area contributed by atoms with E-state index in [1.54, 1.807) is 0 Å². The Kier molecular flexibility index (Phi) is 7.29. The number of carbonyl (C=O) groups excluding carboxylic acids is 2. The largest absolute Gasteiger partial charge is 0.459 e. The second kappa shape index (κ2) is 8.48. The molecule has 1 saturated heterocycles. The number of hydrogen-bond donors (Lipinski definition) is 0. The number of ether oxygens (including phenoxy) is 1. The van der Waals surface area contributed by atoms with Crippen molar-refractivity contribution >= 4 is 11.9 Å². The summed E-state index contributed by atoms with van der Waals surface area (Å²) in [4.78, 5) is 30.0. The molecule has 0 aromatic carbocycles. The number of hydrogen-bond acceptors (Lipinski definition) is 5. The molecule has 1 aliphatic rings. The van der Waals surface area contributed by atoms with Crippen LogP contribution >= 0.6 is 0 Å². The van der Waals surface area contributed by atoms with Crippen molar-refractivity contribution in [2.45, 2.75) is 40.2 Å². The van der Waals surface area contributed by atoms with Gasteiger partial charge in [0.05, 0.1) is 13.1 Å². The van der Waals surface area contributed by atoms with Gasteiger partial charge in [-0.25, -0.2) is 0 Å². The molecule has 0 aromatic heterocycles. The van der Waals surface area contributed by atoms with Crippen molar-refractivity contribution in [2.24, 2.45) is 0 Å². The zero-order valence-corrected chi connectivity index (χ0v) is 14.7. The second-order valence-electron chi connectivity index (χ2n) is 6.70. The Bertz CT molecular complexity index is 367. The highest BCUT2D eigenvalue weighted by Crippen LogP contribution is 2.09. The lowest BCUT2D eigenvalue weighted by Crippen LogP contribution is -2.51. The van der Waals surface area contributed by atoms with E-state index in [1.165, 1.54) is 0 Å². The Morgan fingerprint density at radius 3 is 1.82 bits per heavy atom. The van der Waals surface area contributed by atoms with Crippen LogP contribution in [0.5, 0.6) is 0 Å². The van der Waals surface area contributed by atoms with Crippen LogP contribution in [0.4, 0.5) is 0 Å². The van der Waals surface area contributed by atoms with Gasteiger partial charge in [-0.2, -0.15) is 0 Å². The minimum absolute atomic E-state index is 0.180. The molecule has 0 N–H and O–H groups in total. The maximum Gasteiger partial charge on any atom is 0.320 e. The average molecular weight is 313 g/mol. The van der Waals surface area contributed by atoms with Gasteiger partial charge in [0.2, 0.25) is 5.91 Å². The summed E-state index contributed by atoms with van der Waals surface area (Å²) < 4.78 is 5.34. The van der Waals surface area contributed by atoms with E-state index in [4.69, 9.17) is 4.74 Å². The van der Waals surface area contributed by atoms with Crippen LogP contribution in [-0.2, 0) is 14.3 Å². The molecule has 0 atom stereocenters. The van der Waals surface area contributed by atoms with Crippen molar-refractivity contribution in [2.75, 3.05) is 52.4 Å². The first-order chi connectivity index (χ1) is 10.2. The third kappa shape index (κ3) is 6.75. The van der Waals surface area contributed by atoms with E-state index in [9.17, 15) is 9.59 Å². The number of esters is 1. The van der Waals surface area contributed by atoms with Gasteiger partial charge in [0, 0.05) is 39.3 Å². The molecule has 128 valence electrons. The molecule has 1 amide bonds. The predicted octanol–water partition coefficient (Wildman–Crippen LogP) is 0.814. The van der Waals surface area contributed by atoms with Crippen LogP contribution < -0.4 is 0 Å². The lowest BCUT2D eigenvalue weighted by Gasteiger charge is -2.35. The van der Waals surface area contributed by atoms with Crippen LogP contribution in [0, 0.1) is 0 Å². The highest BCUT2D eigenvalue weighted by atomic mass is 16.6. The van der Waals surface area contributed by atoms with Crippen LogP contribution in [0.25, 0.3) is 0 Å². The zero-order valence-electron chi connectivity index (χ0n) is 14.7. The Labute approximate surface area is 134 Å². The summed E-state index contributed by atoms with van der Waals surface area (Å²) in [6, 6.07) is 0. The molecular formula is C16H31N3O3. The molecule has 6 nitrogen and oxygen atoms in total. The van der Waals surface area contributed by atoms with Gasteiger partial charge in [0.1, 0.15) is 5.60 Å². The molecular weight excluding hydrogens is 282 g/mol. The first-order valence-corrected chi connectivity index (χ1v) is 8.19. The highest BCUT2D eigenvalue weighted by Gasteiger charge is 2.24. The molecule has 0 spiro atoms. The summed E-state index contributed by atoms with van der Waals surface area (Å²) in [7, 11) is 0. The number of nitrogens with zero attached hydrogens (tertiary/aromatic N) is 3. The van der Waals surface area contributed by atoms with Gasteiger partial charge >= 0.3 is 5.97 Å². The van der Waals surface area contributed by atoms with Crippen molar-refractivity contribution in [1.29, 1.82) is 0 Å². The van der Waals surface area contributed by atoms with Crippen molar-refractivity contribution < 1.29 is 14.3 Å². The predicted molar refractivity (Wildman–Crippen MR) is 86.7 cm³/mol. The first kappa shape index (κ1) is 18.9. The monoisotopic (exact) mass is 313 g/mol. The molecule has 0 radical (unpaired) electrons. The number of rotatable bonds is 6. The van der Waals surface area contributed by atoms with Crippen molar-refractivity contribution in [3.05, 3.63) is 0 Å². The number of amides is 1. The lowest BCUT2D eigenvalue weighted by atomic mass is 10.2. The molecule has 0 aliphatic carbocycles. The Morgan fingerprint density at radius 2 is 1.41 bits per heavy atom. The molecule has 0 saturated carbocycles. The van der Waals surface area contributed by atoms with Gasteiger partial charge in [-0.15, -0.1) is 0 Å². The Morgan fingerprint density at radius 1 is 0.955 bits per heavy atom. The number of piperazine rings is 1. The smallest absolute Gasteiger partial charge is 0.320 e. The van der Waals surface area contributed by atoms with E-state index in [0.717, 1.165) is 39.3 Å². The van der Waals surface area contributed by atoms with E-state index in [0.29, 0.717) is 13.1 Å². The summed E-state index contributed by atoms with van der Waals surface area (Å²) in [6.45, 7) is 15.2. The molecule has 0 bridgehead atoms. The maximum atomic E-state index is 12.1. The SMILES string of the molecule is CCN(CC)C(=O)CN1CCN(CC(=O)OC(C)(C)C)CC1. The van der Waals surface area contributed by atoms with Crippen molar-refractivity contribution in [1.82, 2.24) is 14.7 Å². The van der Waals surface area contributed by atoms with E-state index in [2.05, 4.69) is 9.80 Å². The van der Waals surface area contributed by atoms with Crippen molar-refractivity contribution in [3.8, 4) is 0 Å². The summed E-state index contributed by atoms with van der Waals surface area (Å²) in [5.41, 5.74) is -0.435. The van der Waals surface area contributed by atoms with Gasteiger partial charge < -0.3 is 9.64 Å². The van der Waals surface area contributed by atoms with Gasteiger partial charge in [0.25, 0.3) is 0 Å². The summed E-state index contributed by atoms with van der Waals surface area (Å²) in [5, 5.41) is 0. The van der Waals surface area contributed by atoms with Crippen LogP contribution in [0.15, 0.2) is 0 Å². The normalized spacial score (nSPS) is 17.3. The number of likely N-dealkylation sites (N-methyl/N-ethyl adjacent to an activating group) is 1. The Hall–Kier alpha value is -1.14. The molecule has 0 aromatic rings. The summed E-state index contributed by atoms with van der Waals surface area (Å²) in [5.74, 6) is 0.00533. The second-order valence-corrected chi connectivity index (χ2v) is 6.70. The fourth-order valence-corrected chi connectivity index (χ4v) is 2.53. The molecule has 1 fully saturated rings. The quantitative estimate of drug-likeness (QED) is 0.680. The third-order valence-electron chi connectivity index (χ3n) is 3.71. The first-order valence-electron chi connectivity index (χ1n) is 8.19. The molecule has 6 heteroatoms. The van der Waals surface area contributed by atoms with E-state index in [1.807, 2.05) is 39.5 Å². The van der Waals surface area contributed by atoms with E-state index in [-0.39, 0.29) is 11.9 Å². The molecule has 22 heavy (non-hydrogen) atoms. The van der Waals surface area contributed by atoms with Crippen LogP contribution in [0.3, 0.4) is 0 Å². The fourth-order valence-electron chi connectivity index (χ4n) is 2.53. The summed E-state index contributed by atoms with van der Waals surface area (Å²) in [6.07, 6.45) is 0. The average Bonchev–Trinajstić information content (AvgIpc) is 2.40. The van der Waals surface area contributed by atoms with Gasteiger partial charge in [-0.1, -0.05) is 0 Å². The molecule has 1 heterocycles. The molecule has 0 unspecified atom stereocenters. The zero-order chi connectivity index (χ0) is 16.8. The van der Waals surface area contributed by atoms with Gasteiger partial charge in [-0.05, 0) is 34.6 Å². The van der Waals surface area contributed by atoms with Gasteiger partial charge in [0.15, 0.2) is 0 Å². The third-order valence-corrected chi connectivity index (χ3v) is 3.71. The van der Waals surface area contributed by atoms with Gasteiger partial charge in [-0.3, -0.25) is 19.4 Å². The summed E-state index contributed by atoms with van der Waals surface area (Å²) >= 11 is 0. The molecule has 1 rings (SSSR count). The fraction of sp³-hybridized carbons (Fsp3) is 0.875. The molecule has 1 aliphatic heterocycles. The topological polar surface area (TPSA) is 53.1 Å². The number of carbonyl (C=O) groups is 2. The van der Waals surface area contributed by atoms with E-state index < -0.39 is 5.60 Å². The Balaban J connectivity index is 2.31. The van der Waals surface area contributed by atoms with Crippen LogP contribution in [0.2, 0.25) is 0 Å².